The maximum atomic E-state index is 14.4. The molecule has 8 nitrogen and oxygen atoms in total. The fraction of sp³-hybridized carbons (Fsp3) is 0.323. The first kappa shape index (κ1) is 26.9. The van der Waals surface area contributed by atoms with Gasteiger partial charge in [-0.15, -0.1) is 0 Å². The Labute approximate surface area is 242 Å². The fourth-order valence-electron chi connectivity index (χ4n) is 6.63. The quantitative estimate of drug-likeness (QED) is 0.280. The molecule has 42 heavy (non-hydrogen) atoms. The highest BCUT2D eigenvalue weighted by Crippen LogP contribution is 2.52. The monoisotopic (exact) mass is 589 g/mol. The molecule has 3 heterocycles. The Kier molecular flexibility index (Phi) is 6.28. The standard InChI is InChI=1S/C31H29F2N5O3S/c1-36-13-11-27(19-36)42(40,41)38(25-8-9-25)26-5-2-21-14-29-20(18-35-37(29)24-6-3-22(32)4-7-24)16-31(21,17-26)30(39)28-15-23(33)10-12-34-28/h3-4,6-7,10-15,18-19,25-26H,2,5,8-9,16-17H2,1H3/t26-,31-/m0/s1. The molecule has 0 amide bonds. The number of fused-ring (bicyclic) bond motifs is 2. The fourth-order valence-corrected chi connectivity index (χ4v) is 8.59. The summed E-state index contributed by atoms with van der Waals surface area (Å²) in [5.41, 5.74) is 2.02. The molecular formula is C31H29F2N5O3S. The SMILES string of the molecule is Cn1ccc(S(=O)(=O)N(C2CC2)[C@H]2CCC3=Cc4c(cnn4-c4ccc(F)cc4)C[C@]3(C(=O)c3cc(F)ccn3)C2)c1. The molecule has 0 aliphatic heterocycles. The molecule has 7 rings (SSSR count). The molecule has 3 aliphatic carbocycles. The predicted octanol–water partition coefficient (Wildman–Crippen LogP) is 5.10. The van der Waals surface area contributed by atoms with E-state index in [0.29, 0.717) is 18.5 Å². The van der Waals surface area contributed by atoms with Crippen LogP contribution in [0.2, 0.25) is 0 Å². The third kappa shape index (κ3) is 4.42. The lowest BCUT2D eigenvalue weighted by molar-refractivity contribution is 0.0733. The molecular weight excluding hydrogens is 560 g/mol. The summed E-state index contributed by atoms with van der Waals surface area (Å²) in [6.45, 7) is 0. The molecule has 0 spiro atoms. The number of pyridine rings is 1. The second-order valence-electron chi connectivity index (χ2n) is 11.5. The Morgan fingerprint density at radius 3 is 2.52 bits per heavy atom. The zero-order valence-corrected chi connectivity index (χ0v) is 23.8. The van der Waals surface area contributed by atoms with Gasteiger partial charge in [-0.3, -0.25) is 9.78 Å². The minimum absolute atomic E-state index is 0.0137. The van der Waals surface area contributed by atoms with Gasteiger partial charge in [-0.05, 0) is 86.6 Å². The minimum Gasteiger partial charge on any atom is -0.356 e. The Balaban J connectivity index is 1.32. The molecule has 2 saturated carbocycles. The van der Waals surface area contributed by atoms with Crippen molar-refractivity contribution in [3.8, 4) is 5.69 Å². The van der Waals surface area contributed by atoms with E-state index < -0.39 is 27.3 Å². The number of halogens is 2. The van der Waals surface area contributed by atoms with Crippen molar-refractivity contribution in [1.82, 2.24) is 23.6 Å². The van der Waals surface area contributed by atoms with Crippen LogP contribution in [-0.4, -0.2) is 49.9 Å². The van der Waals surface area contributed by atoms with Crippen LogP contribution < -0.4 is 0 Å². The zero-order chi connectivity index (χ0) is 29.2. The van der Waals surface area contributed by atoms with Crippen LogP contribution in [-0.2, 0) is 23.5 Å². The van der Waals surface area contributed by atoms with E-state index >= 15 is 0 Å². The van der Waals surface area contributed by atoms with Gasteiger partial charge in [0.05, 0.1) is 27.9 Å². The van der Waals surface area contributed by atoms with E-state index in [-0.39, 0.29) is 41.1 Å². The third-order valence-corrected chi connectivity index (χ3v) is 10.7. The van der Waals surface area contributed by atoms with Crippen LogP contribution in [0.4, 0.5) is 8.78 Å². The van der Waals surface area contributed by atoms with Crippen molar-refractivity contribution in [2.75, 3.05) is 0 Å². The summed E-state index contributed by atoms with van der Waals surface area (Å²) in [6, 6.07) is 9.43. The number of benzene rings is 1. The predicted molar refractivity (Wildman–Crippen MR) is 151 cm³/mol. The highest BCUT2D eigenvalue weighted by molar-refractivity contribution is 7.89. The van der Waals surface area contributed by atoms with Crippen molar-refractivity contribution in [3.05, 3.63) is 101 Å². The van der Waals surface area contributed by atoms with E-state index in [1.165, 1.54) is 24.4 Å². The third-order valence-electron chi connectivity index (χ3n) is 8.74. The number of aryl methyl sites for hydroxylation is 1. The second kappa shape index (κ2) is 9.81. The summed E-state index contributed by atoms with van der Waals surface area (Å²) in [7, 11) is -2.03. The van der Waals surface area contributed by atoms with Crippen molar-refractivity contribution >= 4 is 21.9 Å². The van der Waals surface area contributed by atoms with Gasteiger partial charge in [-0.1, -0.05) is 5.57 Å². The van der Waals surface area contributed by atoms with Gasteiger partial charge in [0.2, 0.25) is 10.0 Å². The number of hydrogen-bond acceptors (Lipinski definition) is 5. The Bertz CT molecular complexity index is 1840. The maximum absolute atomic E-state index is 14.4. The van der Waals surface area contributed by atoms with Gasteiger partial charge in [-0.2, -0.15) is 9.40 Å². The molecule has 11 heteroatoms. The molecule has 3 aliphatic rings. The molecule has 0 bridgehead atoms. The number of Topliss-reactive ketones (excluding diaryl/α,β-unsaturated/α-hetero) is 1. The van der Waals surface area contributed by atoms with Crippen LogP contribution in [0.3, 0.4) is 0 Å². The van der Waals surface area contributed by atoms with Crippen LogP contribution in [0.5, 0.6) is 0 Å². The first-order chi connectivity index (χ1) is 20.2. The first-order valence-corrected chi connectivity index (χ1v) is 15.5. The van der Waals surface area contributed by atoms with Crippen molar-refractivity contribution in [1.29, 1.82) is 0 Å². The number of nitrogens with zero attached hydrogens (tertiary/aromatic N) is 5. The van der Waals surface area contributed by atoms with E-state index in [1.807, 2.05) is 6.08 Å². The maximum Gasteiger partial charge on any atom is 0.245 e. The molecule has 3 aromatic heterocycles. The van der Waals surface area contributed by atoms with E-state index in [9.17, 15) is 22.0 Å². The summed E-state index contributed by atoms with van der Waals surface area (Å²) in [4.78, 5) is 18.9. The molecule has 2 atom stereocenters. The highest BCUT2D eigenvalue weighted by atomic mass is 32.2. The normalized spacial score (nSPS) is 22.0. The Morgan fingerprint density at radius 2 is 1.83 bits per heavy atom. The number of rotatable bonds is 7. The number of allylic oxidation sites excluding steroid dienone is 1. The van der Waals surface area contributed by atoms with Crippen LogP contribution in [0.15, 0.2) is 77.7 Å². The number of ketones is 1. The van der Waals surface area contributed by atoms with Gasteiger partial charge in [0.1, 0.15) is 17.3 Å². The molecule has 0 radical (unpaired) electrons. The van der Waals surface area contributed by atoms with E-state index in [4.69, 9.17) is 0 Å². The van der Waals surface area contributed by atoms with Crippen molar-refractivity contribution < 1.29 is 22.0 Å². The average Bonchev–Trinajstić information content (AvgIpc) is 3.55. The molecule has 2 fully saturated rings. The second-order valence-corrected chi connectivity index (χ2v) is 13.4. The Morgan fingerprint density at radius 1 is 1.05 bits per heavy atom. The average molecular weight is 590 g/mol. The molecule has 0 unspecified atom stereocenters. The lowest BCUT2D eigenvalue weighted by Gasteiger charge is -2.46. The Hall–Kier alpha value is -3.96. The largest absolute Gasteiger partial charge is 0.356 e. The highest BCUT2D eigenvalue weighted by Gasteiger charge is 2.53. The van der Waals surface area contributed by atoms with Crippen LogP contribution in [0, 0.1) is 17.0 Å². The molecule has 1 aromatic carbocycles. The smallest absolute Gasteiger partial charge is 0.245 e. The van der Waals surface area contributed by atoms with Crippen molar-refractivity contribution in [2.24, 2.45) is 12.5 Å². The number of hydrogen-bond donors (Lipinski definition) is 0. The number of aromatic nitrogens is 4. The number of carbonyl (C=O) groups excluding carboxylic acids is 1. The van der Waals surface area contributed by atoms with Gasteiger partial charge in [0, 0.05) is 43.8 Å². The summed E-state index contributed by atoms with van der Waals surface area (Å²) < 4.78 is 60.9. The van der Waals surface area contributed by atoms with E-state index in [1.54, 1.807) is 57.4 Å². The lowest BCUT2D eigenvalue weighted by atomic mass is 9.60. The van der Waals surface area contributed by atoms with Crippen LogP contribution in [0.1, 0.15) is 53.8 Å². The molecule has 0 saturated heterocycles. The van der Waals surface area contributed by atoms with Crippen molar-refractivity contribution in [3.63, 3.8) is 0 Å². The van der Waals surface area contributed by atoms with Crippen LogP contribution >= 0.6 is 0 Å². The molecule has 0 N–H and O–H groups in total. The van der Waals surface area contributed by atoms with Crippen molar-refractivity contribution in [2.45, 2.75) is 55.5 Å². The van der Waals surface area contributed by atoms with Gasteiger partial charge < -0.3 is 4.57 Å². The number of sulfonamides is 1. The minimum atomic E-state index is -3.82. The topological polar surface area (TPSA) is 90.1 Å². The zero-order valence-electron chi connectivity index (χ0n) is 23.0. The van der Waals surface area contributed by atoms with E-state index in [2.05, 4.69) is 10.1 Å². The van der Waals surface area contributed by atoms with Gasteiger partial charge >= 0.3 is 0 Å². The summed E-state index contributed by atoms with van der Waals surface area (Å²) in [5.74, 6) is -1.24. The van der Waals surface area contributed by atoms with Crippen LogP contribution in [0.25, 0.3) is 11.8 Å². The number of carbonyl (C=O) groups is 1. The lowest BCUT2D eigenvalue weighted by Crippen LogP contribution is -2.51. The summed E-state index contributed by atoms with van der Waals surface area (Å²) >= 11 is 0. The van der Waals surface area contributed by atoms with Gasteiger partial charge in [0.15, 0.2) is 5.78 Å². The molecule has 4 aromatic rings. The first-order valence-electron chi connectivity index (χ1n) is 14.0. The molecule has 216 valence electrons. The summed E-state index contributed by atoms with van der Waals surface area (Å²) in [5, 5.41) is 4.56. The van der Waals surface area contributed by atoms with Gasteiger partial charge in [0.25, 0.3) is 0 Å². The van der Waals surface area contributed by atoms with E-state index in [0.717, 1.165) is 35.7 Å². The van der Waals surface area contributed by atoms with Gasteiger partial charge in [-0.25, -0.2) is 21.9 Å². The summed E-state index contributed by atoms with van der Waals surface area (Å²) in [6.07, 6.45) is 11.3.